The van der Waals surface area contributed by atoms with Crippen molar-refractivity contribution in [3.8, 4) is 0 Å². The second kappa shape index (κ2) is 4.51. The maximum absolute atomic E-state index is 6.34. The van der Waals surface area contributed by atoms with Crippen molar-refractivity contribution in [1.29, 1.82) is 0 Å². The molecule has 104 valence electrons. The second-order valence-corrected chi connectivity index (χ2v) is 6.28. The molecule has 2 aromatic heterocycles. The third kappa shape index (κ3) is 1.97. The lowest BCUT2D eigenvalue weighted by Crippen LogP contribution is -2.14. The lowest BCUT2D eigenvalue weighted by atomic mass is 10.2. The molecule has 1 fully saturated rings. The van der Waals surface area contributed by atoms with Gasteiger partial charge in [-0.2, -0.15) is 5.10 Å². The predicted molar refractivity (Wildman–Crippen MR) is 77.6 cm³/mol. The molecule has 0 aliphatic heterocycles. The van der Waals surface area contributed by atoms with Gasteiger partial charge >= 0.3 is 0 Å². The maximum Gasteiger partial charge on any atom is 0.158 e. The Balaban J connectivity index is 2.25. The molecule has 3 rings (SSSR count). The summed E-state index contributed by atoms with van der Waals surface area (Å²) in [5.74, 6) is 1.75. The van der Waals surface area contributed by atoms with E-state index in [2.05, 4.69) is 23.5 Å². The summed E-state index contributed by atoms with van der Waals surface area (Å²) in [6.07, 6.45) is 3.53. The van der Waals surface area contributed by atoms with Crippen LogP contribution in [0.1, 0.15) is 56.6 Å². The average molecular weight is 281 g/mol. The van der Waals surface area contributed by atoms with Crippen LogP contribution in [0.4, 0.5) is 0 Å². The van der Waals surface area contributed by atoms with Crippen LogP contribution in [-0.4, -0.2) is 19.3 Å². The molecule has 2 aromatic rings. The van der Waals surface area contributed by atoms with Gasteiger partial charge in [0.15, 0.2) is 5.65 Å². The first-order valence-electron chi connectivity index (χ1n) is 7.12. The monoisotopic (exact) mass is 280 g/mol. The number of alkyl halides is 1. The van der Waals surface area contributed by atoms with Gasteiger partial charge < -0.3 is 4.57 Å². The number of hydrogen-bond donors (Lipinski definition) is 0. The summed E-state index contributed by atoms with van der Waals surface area (Å²) in [5, 5.41) is 4.51. The molecule has 19 heavy (non-hydrogen) atoms. The van der Waals surface area contributed by atoms with E-state index < -0.39 is 0 Å². The van der Waals surface area contributed by atoms with Crippen molar-refractivity contribution in [2.75, 3.05) is 0 Å². The minimum absolute atomic E-state index is 0.0710. The van der Waals surface area contributed by atoms with E-state index in [1.165, 1.54) is 12.8 Å². The molecule has 0 amide bonds. The molecule has 0 aromatic carbocycles. The van der Waals surface area contributed by atoms with Crippen LogP contribution in [0.2, 0.25) is 0 Å². The van der Waals surface area contributed by atoms with E-state index in [4.69, 9.17) is 16.6 Å². The summed E-state index contributed by atoms with van der Waals surface area (Å²) < 4.78 is 4.28. The van der Waals surface area contributed by atoms with Crippen molar-refractivity contribution in [2.45, 2.75) is 51.5 Å². The molecule has 2 heterocycles. The van der Waals surface area contributed by atoms with Gasteiger partial charge in [-0.15, -0.1) is 11.6 Å². The van der Waals surface area contributed by atoms with Crippen LogP contribution in [0, 0.1) is 5.92 Å². The van der Waals surface area contributed by atoms with Crippen LogP contribution in [0.15, 0.2) is 0 Å². The fourth-order valence-electron chi connectivity index (χ4n) is 2.93. The Labute approximate surface area is 118 Å². The summed E-state index contributed by atoms with van der Waals surface area (Å²) in [5.41, 5.74) is 3.22. The molecule has 0 N–H and O–H groups in total. The highest BCUT2D eigenvalue weighted by molar-refractivity contribution is 6.20. The zero-order valence-electron chi connectivity index (χ0n) is 12.0. The first-order chi connectivity index (χ1) is 9.04. The molecule has 5 heteroatoms. The zero-order valence-corrected chi connectivity index (χ0v) is 12.8. The standard InChI is InChI=1S/C14H21ClN4/c1-5-11-12-14(18(4)17-11)19(9(3)10-6-7-10)13(16-12)8(2)15/h8-10H,5-7H2,1-4H3. The van der Waals surface area contributed by atoms with E-state index >= 15 is 0 Å². The van der Waals surface area contributed by atoms with Gasteiger partial charge in [0, 0.05) is 13.1 Å². The van der Waals surface area contributed by atoms with E-state index in [-0.39, 0.29) is 5.38 Å². The third-order valence-corrected chi connectivity index (χ3v) is 4.36. The summed E-state index contributed by atoms with van der Waals surface area (Å²) >= 11 is 6.34. The van der Waals surface area contributed by atoms with Crippen LogP contribution in [-0.2, 0) is 13.5 Å². The topological polar surface area (TPSA) is 35.6 Å². The number of nitrogens with zero attached hydrogens (tertiary/aromatic N) is 4. The van der Waals surface area contributed by atoms with E-state index in [0.29, 0.717) is 6.04 Å². The molecule has 2 atom stereocenters. The molecular formula is C14H21ClN4. The molecule has 1 saturated carbocycles. The van der Waals surface area contributed by atoms with Gasteiger partial charge in [0.1, 0.15) is 11.3 Å². The highest BCUT2D eigenvalue weighted by Gasteiger charge is 2.33. The van der Waals surface area contributed by atoms with Gasteiger partial charge in [-0.3, -0.25) is 4.68 Å². The number of hydrogen-bond acceptors (Lipinski definition) is 2. The fraction of sp³-hybridized carbons (Fsp3) is 0.714. The lowest BCUT2D eigenvalue weighted by molar-refractivity contribution is 0.470. The SMILES string of the molecule is CCc1nn(C)c2c1nc(C(C)Cl)n2C(C)C1CC1. The van der Waals surface area contributed by atoms with Gasteiger partial charge in [-0.1, -0.05) is 6.92 Å². The van der Waals surface area contributed by atoms with Crippen molar-refractivity contribution in [1.82, 2.24) is 19.3 Å². The van der Waals surface area contributed by atoms with Crippen LogP contribution >= 0.6 is 11.6 Å². The van der Waals surface area contributed by atoms with Crippen molar-refractivity contribution in [3.05, 3.63) is 11.5 Å². The Hall–Kier alpha value is -1.03. The van der Waals surface area contributed by atoms with Crippen LogP contribution < -0.4 is 0 Å². The van der Waals surface area contributed by atoms with Gasteiger partial charge in [-0.25, -0.2) is 4.98 Å². The molecule has 0 bridgehead atoms. The van der Waals surface area contributed by atoms with Crippen molar-refractivity contribution in [3.63, 3.8) is 0 Å². The summed E-state index contributed by atoms with van der Waals surface area (Å²) in [6, 6.07) is 0.460. The molecule has 0 spiro atoms. The van der Waals surface area contributed by atoms with E-state index in [9.17, 15) is 0 Å². The first kappa shape index (κ1) is 13.0. The largest absolute Gasteiger partial charge is 0.309 e. The number of aryl methyl sites for hydroxylation is 2. The quantitative estimate of drug-likeness (QED) is 0.802. The maximum atomic E-state index is 6.34. The number of imidazole rings is 1. The molecule has 0 saturated heterocycles. The van der Waals surface area contributed by atoms with Gasteiger partial charge in [0.2, 0.25) is 0 Å². The number of aromatic nitrogens is 4. The molecule has 1 aliphatic carbocycles. The Morgan fingerprint density at radius 3 is 2.58 bits per heavy atom. The summed E-state index contributed by atoms with van der Waals surface area (Å²) in [6.45, 7) is 6.40. The Morgan fingerprint density at radius 1 is 1.37 bits per heavy atom. The number of halogens is 1. The smallest absolute Gasteiger partial charge is 0.158 e. The Kier molecular flexibility index (Phi) is 3.08. The number of fused-ring (bicyclic) bond motifs is 1. The molecule has 2 unspecified atom stereocenters. The highest BCUT2D eigenvalue weighted by atomic mass is 35.5. The summed E-state index contributed by atoms with van der Waals surface area (Å²) in [4.78, 5) is 4.78. The average Bonchev–Trinajstić information content (AvgIpc) is 3.06. The van der Waals surface area contributed by atoms with E-state index in [1.54, 1.807) is 0 Å². The molecular weight excluding hydrogens is 260 g/mol. The minimum atomic E-state index is -0.0710. The zero-order chi connectivity index (χ0) is 13.7. The highest BCUT2D eigenvalue weighted by Crippen LogP contribution is 2.42. The summed E-state index contributed by atoms with van der Waals surface area (Å²) in [7, 11) is 2.00. The molecule has 4 nitrogen and oxygen atoms in total. The molecule has 0 radical (unpaired) electrons. The van der Waals surface area contributed by atoms with Gasteiger partial charge in [-0.05, 0) is 39.0 Å². The predicted octanol–water partition coefficient (Wildman–Crippen LogP) is 3.60. The Bertz CT molecular complexity index is 607. The minimum Gasteiger partial charge on any atom is -0.309 e. The van der Waals surface area contributed by atoms with Crippen LogP contribution in [0.25, 0.3) is 11.2 Å². The lowest BCUT2D eigenvalue weighted by Gasteiger charge is -2.18. The third-order valence-electron chi connectivity index (χ3n) is 4.17. The van der Waals surface area contributed by atoms with Crippen molar-refractivity contribution >= 4 is 22.8 Å². The molecule has 1 aliphatic rings. The number of rotatable bonds is 4. The van der Waals surface area contributed by atoms with E-state index in [1.807, 2.05) is 18.7 Å². The van der Waals surface area contributed by atoms with Gasteiger partial charge in [0.25, 0.3) is 0 Å². The van der Waals surface area contributed by atoms with Crippen LogP contribution in [0.3, 0.4) is 0 Å². The fourth-order valence-corrected chi connectivity index (χ4v) is 3.08. The van der Waals surface area contributed by atoms with E-state index in [0.717, 1.165) is 35.0 Å². The van der Waals surface area contributed by atoms with Crippen molar-refractivity contribution < 1.29 is 0 Å². The normalized spacial score (nSPS) is 19.0. The second-order valence-electron chi connectivity index (χ2n) is 5.63. The first-order valence-corrected chi connectivity index (χ1v) is 7.56. The van der Waals surface area contributed by atoms with Gasteiger partial charge in [0.05, 0.1) is 11.1 Å². The van der Waals surface area contributed by atoms with Crippen molar-refractivity contribution in [2.24, 2.45) is 13.0 Å². The van der Waals surface area contributed by atoms with Crippen LogP contribution in [0.5, 0.6) is 0 Å². The Morgan fingerprint density at radius 2 is 2.05 bits per heavy atom.